The molecule has 0 aliphatic carbocycles. The van der Waals surface area contributed by atoms with Crippen molar-refractivity contribution in [2.45, 2.75) is 20.0 Å². The van der Waals surface area contributed by atoms with E-state index in [4.69, 9.17) is 5.11 Å². The Morgan fingerprint density at radius 3 is 2.62 bits per heavy atom. The van der Waals surface area contributed by atoms with Crippen molar-refractivity contribution < 1.29 is 18.3 Å². The van der Waals surface area contributed by atoms with E-state index in [9.17, 15) is 13.2 Å². The molecule has 0 unspecified atom stereocenters. The van der Waals surface area contributed by atoms with E-state index < -0.39 is 30.1 Å². The highest BCUT2D eigenvalue weighted by Gasteiger charge is 2.18. The highest BCUT2D eigenvalue weighted by atomic mass is 19.3. The lowest BCUT2D eigenvalue weighted by Gasteiger charge is -2.07. The highest BCUT2D eigenvalue weighted by Crippen LogP contribution is 2.23. The Balaban J connectivity index is 3.30. The summed E-state index contributed by atoms with van der Waals surface area (Å²) in [4.78, 5) is 3.36. The summed E-state index contributed by atoms with van der Waals surface area (Å²) in [7, 11) is 0. The number of halogens is 3. The number of rotatable bonds is 2. The Morgan fingerprint density at radius 1 is 1.54 bits per heavy atom. The lowest BCUT2D eigenvalue weighted by atomic mass is 10.1. The van der Waals surface area contributed by atoms with Crippen molar-refractivity contribution >= 4 is 0 Å². The van der Waals surface area contributed by atoms with Gasteiger partial charge in [-0.15, -0.1) is 0 Å². The maximum absolute atomic E-state index is 13.1. The van der Waals surface area contributed by atoms with Crippen molar-refractivity contribution in [1.29, 1.82) is 0 Å². The molecule has 0 radical (unpaired) electrons. The molecule has 1 heterocycles. The lowest BCUT2D eigenvalue weighted by Crippen LogP contribution is -2.03. The molecule has 2 nitrogen and oxygen atoms in total. The minimum Gasteiger partial charge on any atom is -0.391 e. The Hall–Kier alpha value is -1.10. The van der Waals surface area contributed by atoms with Gasteiger partial charge in [0.05, 0.1) is 6.61 Å². The standard InChI is InChI=1S/C8H8F3NO/c1-4-2-12-7(8(10)11)5(3-13)6(4)9/h2,8,13H,3H2,1H3. The van der Waals surface area contributed by atoms with Crippen LogP contribution < -0.4 is 0 Å². The summed E-state index contributed by atoms with van der Waals surface area (Å²) in [5.74, 6) is -0.812. The van der Waals surface area contributed by atoms with Crippen molar-refractivity contribution in [3.05, 3.63) is 28.8 Å². The van der Waals surface area contributed by atoms with Gasteiger partial charge in [0.1, 0.15) is 11.5 Å². The third-order valence-corrected chi connectivity index (χ3v) is 1.68. The van der Waals surface area contributed by atoms with Crippen LogP contribution in [0, 0.1) is 12.7 Å². The molecule has 1 rings (SSSR count). The van der Waals surface area contributed by atoms with Crippen LogP contribution in [0.3, 0.4) is 0 Å². The number of hydrogen-bond donors (Lipinski definition) is 1. The molecule has 0 saturated heterocycles. The number of aliphatic hydroxyl groups is 1. The van der Waals surface area contributed by atoms with Crippen molar-refractivity contribution in [3.63, 3.8) is 0 Å². The summed E-state index contributed by atoms with van der Waals surface area (Å²) < 4.78 is 37.5. The molecule has 0 amide bonds. The van der Waals surface area contributed by atoms with E-state index in [2.05, 4.69) is 4.98 Å². The van der Waals surface area contributed by atoms with Gasteiger partial charge in [0.15, 0.2) is 0 Å². The van der Waals surface area contributed by atoms with Crippen LogP contribution >= 0.6 is 0 Å². The zero-order valence-corrected chi connectivity index (χ0v) is 6.89. The summed E-state index contributed by atoms with van der Waals surface area (Å²) in [6.45, 7) is 0.636. The van der Waals surface area contributed by atoms with Crippen LogP contribution in [0.25, 0.3) is 0 Å². The van der Waals surface area contributed by atoms with Gasteiger partial charge >= 0.3 is 0 Å². The van der Waals surface area contributed by atoms with E-state index in [1.165, 1.54) is 6.92 Å². The first-order valence-electron chi connectivity index (χ1n) is 3.60. The molecule has 0 aromatic carbocycles. The normalized spacial score (nSPS) is 10.9. The van der Waals surface area contributed by atoms with Gasteiger partial charge < -0.3 is 5.11 Å². The lowest BCUT2D eigenvalue weighted by molar-refractivity contribution is 0.140. The maximum Gasteiger partial charge on any atom is 0.280 e. The van der Waals surface area contributed by atoms with Crippen molar-refractivity contribution in [1.82, 2.24) is 4.98 Å². The Morgan fingerprint density at radius 2 is 2.15 bits per heavy atom. The van der Waals surface area contributed by atoms with Gasteiger partial charge in [0, 0.05) is 17.3 Å². The van der Waals surface area contributed by atoms with Crippen molar-refractivity contribution in [2.75, 3.05) is 0 Å². The average Bonchev–Trinajstić information content (AvgIpc) is 2.09. The molecule has 1 N–H and O–H groups in total. The van der Waals surface area contributed by atoms with E-state index >= 15 is 0 Å². The fourth-order valence-electron chi connectivity index (χ4n) is 0.990. The Labute approximate surface area is 73.0 Å². The van der Waals surface area contributed by atoms with Crippen LogP contribution in [0.1, 0.15) is 23.2 Å². The smallest absolute Gasteiger partial charge is 0.280 e. The first-order chi connectivity index (χ1) is 6.07. The second-order valence-corrected chi connectivity index (χ2v) is 2.58. The molecule has 13 heavy (non-hydrogen) atoms. The molecule has 1 aromatic heterocycles. The maximum atomic E-state index is 13.1. The predicted molar refractivity (Wildman–Crippen MR) is 39.8 cm³/mol. The second-order valence-electron chi connectivity index (χ2n) is 2.58. The van der Waals surface area contributed by atoms with Gasteiger partial charge in [-0.25, -0.2) is 13.2 Å². The number of aryl methyl sites for hydroxylation is 1. The van der Waals surface area contributed by atoms with Crippen molar-refractivity contribution in [2.24, 2.45) is 0 Å². The zero-order chi connectivity index (χ0) is 10.0. The molecule has 0 saturated carbocycles. The third kappa shape index (κ3) is 1.80. The number of pyridine rings is 1. The second kappa shape index (κ2) is 3.74. The van der Waals surface area contributed by atoms with E-state index in [0.29, 0.717) is 0 Å². The first kappa shape index (κ1) is 9.98. The zero-order valence-electron chi connectivity index (χ0n) is 6.89. The number of aliphatic hydroxyl groups excluding tert-OH is 1. The number of hydrogen-bond acceptors (Lipinski definition) is 2. The SMILES string of the molecule is Cc1cnc(C(F)F)c(CO)c1F. The minimum absolute atomic E-state index is 0.147. The van der Waals surface area contributed by atoms with Crippen LogP contribution in [0.2, 0.25) is 0 Å². The van der Waals surface area contributed by atoms with Gasteiger partial charge in [-0.2, -0.15) is 0 Å². The summed E-state index contributed by atoms with van der Waals surface area (Å²) in [6, 6.07) is 0. The molecular weight excluding hydrogens is 183 g/mol. The van der Waals surface area contributed by atoms with Crippen molar-refractivity contribution in [3.8, 4) is 0 Å². The van der Waals surface area contributed by atoms with E-state index in [0.717, 1.165) is 6.20 Å². The van der Waals surface area contributed by atoms with E-state index in [-0.39, 0.29) is 5.56 Å². The molecule has 0 spiro atoms. The predicted octanol–water partition coefficient (Wildman–Crippen LogP) is 1.96. The molecule has 5 heteroatoms. The average molecular weight is 191 g/mol. The minimum atomic E-state index is -2.86. The molecule has 0 bridgehead atoms. The summed E-state index contributed by atoms with van der Waals surface area (Å²) in [5, 5.41) is 8.66. The molecule has 1 aromatic rings. The van der Waals surface area contributed by atoms with E-state index in [1.807, 2.05) is 0 Å². The third-order valence-electron chi connectivity index (χ3n) is 1.68. The Kier molecular flexibility index (Phi) is 2.87. The van der Waals surface area contributed by atoms with E-state index in [1.54, 1.807) is 0 Å². The number of nitrogens with zero attached hydrogens (tertiary/aromatic N) is 1. The summed E-state index contributed by atoms with van der Waals surface area (Å²) in [5.41, 5.74) is -0.964. The quantitative estimate of drug-likeness (QED) is 0.775. The largest absolute Gasteiger partial charge is 0.391 e. The number of alkyl halides is 2. The topological polar surface area (TPSA) is 33.1 Å². The molecule has 0 aliphatic rings. The van der Waals surface area contributed by atoms with Gasteiger partial charge in [0.25, 0.3) is 6.43 Å². The van der Waals surface area contributed by atoms with Crippen LogP contribution in [0.5, 0.6) is 0 Å². The van der Waals surface area contributed by atoms with Crippen LogP contribution in [-0.2, 0) is 6.61 Å². The molecular formula is C8H8F3NO. The highest BCUT2D eigenvalue weighted by molar-refractivity contribution is 5.27. The van der Waals surface area contributed by atoms with Crippen LogP contribution in [0.4, 0.5) is 13.2 Å². The summed E-state index contributed by atoms with van der Waals surface area (Å²) in [6.07, 6.45) is -1.84. The summed E-state index contributed by atoms with van der Waals surface area (Å²) >= 11 is 0. The number of aromatic nitrogens is 1. The molecule has 0 aliphatic heterocycles. The first-order valence-corrected chi connectivity index (χ1v) is 3.60. The van der Waals surface area contributed by atoms with Crippen LogP contribution in [0.15, 0.2) is 6.20 Å². The monoisotopic (exact) mass is 191 g/mol. The van der Waals surface area contributed by atoms with Gasteiger partial charge in [0.2, 0.25) is 0 Å². The molecule has 72 valence electrons. The van der Waals surface area contributed by atoms with Gasteiger partial charge in [-0.3, -0.25) is 4.98 Å². The fourth-order valence-corrected chi connectivity index (χ4v) is 0.990. The van der Waals surface area contributed by atoms with Gasteiger partial charge in [-0.05, 0) is 6.92 Å². The molecule has 0 fully saturated rings. The molecule has 0 atom stereocenters. The van der Waals surface area contributed by atoms with Crippen LogP contribution in [-0.4, -0.2) is 10.1 Å². The van der Waals surface area contributed by atoms with Gasteiger partial charge in [-0.1, -0.05) is 0 Å². The Bertz CT molecular complexity index is 315. The fraction of sp³-hybridized carbons (Fsp3) is 0.375.